The Morgan fingerprint density at radius 1 is 1.14 bits per heavy atom. The van der Waals surface area contributed by atoms with E-state index in [2.05, 4.69) is 0 Å². The number of nitrogens with two attached hydrogens (primary N) is 1. The number of rotatable bonds is 6. The standard InChI is InChI=1S/C10H14N2O3.C2HF3O2/c11-6-1-2-8(13)5-7-12-9(14)3-4-10(12)15;3-2(4,5)1(6)7/h3-4H,1-2,5-7,11H2;(H,6,7). The largest absolute Gasteiger partial charge is 0.490 e. The minimum absolute atomic E-state index is 0.0351. The van der Waals surface area contributed by atoms with Crippen molar-refractivity contribution in [1.29, 1.82) is 0 Å². The van der Waals surface area contributed by atoms with Crippen LogP contribution in [0, 0.1) is 0 Å². The molecule has 7 nitrogen and oxygen atoms in total. The van der Waals surface area contributed by atoms with Crippen molar-refractivity contribution in [1.82, 2.24) is 4.90 Å². The van der Waals surface area contributed by atoms with Crippen molar-refractivity contribution >= 4 is 23.6 Å². The zero-order valence-corrected chi connectivity index (χ0v) is 11.4. The van der Waals surface area contributed by atoms with Crippen LogP contribution in [0.5, 0.6) is 0 Å². The first-order valence-electron chi connectivity index (χ1n) is 6.15. The summed E-state index contributed by atoms with van der Waals surface area (Å²) in [6.45, 7) is 0.656. The van der Waals surface area contributed by atoms with Crippen LogP contribution in [0.4, 0.5) is 13.2 Å². The second-order valence-electron chi connectivity index (χ2n) is 4.15. The summed E-state index contributed by atoms with van der Waals surface area (Å²) in [7, 11) is 0. The van der Waals surface area contributed by atoms with Crippen LogP contribution in [0.2, 0.25) is 0 Å². The van der Waals surface area contributed by atoms with E-state index >= 15 is 0 Å². The molecule has 0 saturated carbocycles. The Bertz CT molecular complexity index is 456. The number of carboxylic acid groups (broad SMARTS) is 1. The summed E-state index contributed by atoms with van der Waals surface area (Å²) in [6.07, 6.45) is -1.36. The number of ketones is 1. The highest BCUT2D eigenvalue weighted by molar-refractivity contribution is 6.13. The van der Waals surface area contributed by atoms with E-state index in [1.807, 2.05) is 0 Å². The average molecular weight is 324 g/mol. The maximum absolute atomic E-state index is 11.2. The quantitative estimate of drug-likeness (QED) is 0.676. The molecule has 0 aliphatic carbocycles. The Hall–Kier alpha value is -2.23. The molecule has 0 bridgehead atoms. The minimum atomic E-state index is -5.08. The summed E-state index contributed by atoms with van der Waals surface area (Å²) in [5.74, 6) is -3.40. The molecule has 1 heterocycles. The van der Waals surface area contributed by atoms with Gasteiger partial charge in [0, 0.05) is 31.5 Å². The molecule has 3 N–H and O–H groups in total. The molecule has 0 aromatic rings. The highest BCUT2D eigenvalue weighted by Crippen LogP contribution is 2.13. The smallest absolute Gasteiger partial charge is 0.475 e. The van der Waals surface area contributed by atoms with Crippen LogP contribution in [0.25, 0.3) is 0 Å². The average Bonchev–Trinajstić information content (AvgIpc) is 2.73. The van der Waals surface area contributed by atoms with E-state index in [0.717, 1.165) is 4.90 Å². The molecule has 0 aromatic heterocycles. The monoisotopic (exact) mass is 324 g/mol. The van der Waals surface area contributed by atoms with Gasteiger partial charge in [-0.2, -0.15) is 13.2 Å². The summed E-state index contributed by atoms with van der Waals surface area (Å²) in [4.78, 5) is 43.4. The van der Waals surface area contributed by atoms with E-state index in [1.54, 1.807) is 0 Å². The topological polar surface area (TPSA) is 118 Å². The molecule has 0 saturated heterocycles. The third-order valence-corrected chi connectivity index (χ3v) is 2.42. The molecule has 1 rings (SSSR count). The van der Waals surface area contributed by atoms with Gasteiger partial charge in [0.05, 0.1) is 0 Å². The van der Waals surface area contributed by atoms with E-state index in [-0.39, 0.29) is 30.6 Å². The number of aliphatic carboxylic acids is 1. The van der Waals surface area contributed by atoms with Crippen molar-refractivity contribution in [2.45, 2.75) is 25.4 Å². The Kier molecular flexibility index (Phi) is 8.02. The van der Waals surface area contributed by atoms with Crippen molar-refractivity contribution in [2.24, 2.45) is 5.73 Å². The molecule has 1 aliphatic rings. The molecular formula is C12H15F3N2O5. The number of halogens is 3. The van der Waals surface area contributed by atoms with Crippen LogP contribution in [0.1, 0.15) is 19.3 Å². The van der Waals surface area contributed by atoms with Crippen molar-refractivity contribution in [3.8, 4) is 0 Å². The first-order valence-corrected chi connectivity index (χ1v) is 6.15. The highest BCUT2D eigenvalue weighted by atomic mass is 19.4. The maximum Gasteiger partial charge on any atom is 0.490 e. The maximum atomic E-state index is 11.2. The Morgan fingerprint density at radius 3 is 1.95 bits per heavy atom. The van der Waals surface area contributed by atoms with E-state index in [0.29, 0.717) is 19.4 Å². The van der Waals surface area contributed by atoms with Gasteiger partial charge in [-0.3, -0.25) is 19.3 Å². The van der Waals surface area contributed by atoms with Crippen molar-refractivity contribution in [3.05, 3.63) is 12.2 Å². The molecule has 1 aliphatic heterocycles. The number of imide groups is 1. The summed E-state index contributed by atoms with van der Waals surface area (Å²) in [6, 6.07) is 0. The zero-order valence-electron chi connectivity index (χ0n) is 11.4. The van der Waals surface area contributed by atoms with Gasteiger partial charge in [-0.15, -0.1) is 0 Å². The number of hydrogen-bond donors (Lipinski definition) is 2. The molecule has 0 radical (unpaired) electrons. The Morgan fingerprint density at radius 2 is 1.59 bits per heavy atom. The zero-order chi connectivity index (χ0) is 17.3. The van der Waals surface area contributed by atoms with E-state index in [9.17, 15) is 27.6 Å². The number of carbonyl (C=O) groups excluding carboxylic acids is 3. The lowest BCUT2D eigenvalue weighted by atomic mass is 10.1. The Labute approximate surface area is 123 Å². The first kappa shape index (κ1) is 19.8. The molecule has 0 unspecified atom stereocenters. The van der Waals surface area contributed by atoms with Gasteiger partial charge < -0.3 is 10.8 Å². The van der Waals surface area contributed by atoms with Gasteiger partial charge in [0.1, 0.15) is 5.78 Å². The van der Waals surface area contributed by atoms with Gasteiger partial charge in [0.15, 0.2) is 0 Å². The lowest BCUT2D eigenvalue weighted by Gasteiger charge is -2.12. The number of Topliss-reactive ketones (excluding diaryl/α,β-unsaturated/α-hetero) is 1. The SMILES string of the molecule is NCCCC(=O)CCN1C(=O)C=CC1=O.O=C(O)C(F)(F)F. The molecule has 124 valence electrons. The van der Waals surface area contributed by atoms with Crippen molar-refractivity contribution < 1.29 is 37.5 Å². The van der Waals surface area contributed by atoms with Crippen LogP contribution in [-0.2, 0) is 19.2 Å². The lowest BCUT2D eigenvalue weighted by molar-refractivity contribution is -0.192. The molecule has 0 aromatic carbocycles. The molecule has 2 amide bonds. The lowest BCUT2D eigenvalue weighted by Crippen LogP contribution is -2.32. The fourth-order valence-corrected chi connectivity index (χ4v) is 1.31. The molecule has 22 heavy (non-hydrogen) atoms. The number of hydrogen-bond acceptors (Lipinski definition) is 5. The number of amides is 2. The molecule has 10 heteroatoms. The van der Waals surface area contributed by atoms with Crippen molar-refractivity contribution in [2.75, 3.05) is 13.1 Å². The van der Waals surface area contributed by atoms with Gasteiger partial charge in [-0.1, -0.05) is 0 Å². The van der Waals surface area contributed by atoms with Crippen molar-refractivity contribution in [3.63, 3.8) is 0 Å². The predicted octanol–water partition coefficient (Wildman–Crippen LogP) is 0.243. The molecular weight excluding hydrogens is 309 g/mol. The van der Waals surface area contributed by atoms with Gasteiger partial charge in [0.25, 0.3) is 11.8 Å². The van der Waals surface area contributed by atoms with Gasteiger partial charge in [-0.25, -0.2) is 4.79 Å². The number of alkyl halides is 3. The normalized spacial score (nSPS) is 13.9. The fraction of sp³-hybridized carbons (Fsp3) is 0.500. The van der Waals surface area contributed by atoms with Gasteiger partial charge >= 0.3 is 12.1 Å². The second kappa shape index (κ2) is 8.93. The van der Waals surface area contributed by atoms with E-state index in [4.69, 9.17) is 15.6 Å². The third-order valence-electron chi connectivity index (χ3n) is 2.42. The summed E-state index contributed by atoms with van der Waals surface area (Å²) >= 11 is 0. The number of carbonyl (C=O) groups is 4. The first-order chi connectivity index (χ1) is 10.1. The molecule has 0 atom stereocenters. The molecule has 0 spiro atoms. The summed E-state index contributed by atoms with van der Waals surface area (Å²) < 4.78 is 31.7. The van der Waals surface area contributed by atoms with Crippen LogP contribution < -0.4 is 5.73 Å². The van der Waals surface area contributed by atoms with E-state index in [1.165, 1.54) is 12.2 Å². The highest BCUT2D eigenvalue weighted by Gasteiger charge is 2.38. The van der Waals surface area contributed by atoms with Crippen LogP contribution >= 0.6 is 0 Å². The minimum Gasteiger partial charge on any atom is -0.475 e. The van der Waals surface area contributed by atoms with Gasteiger partial charge in [-0.05, 0) is 13.0 Å². The fourth-order valence-electron chi connectivity index (χ4n) is 1.31. The number of carboxylic acids is 1. The Balaban J connectivity index is 0.000000534. The summed E-state index contributed by atoms with van der Waals surface area (Å²) in [5.41, 5.74) is 5.26. The predicted molar refractivity (Wildman–Crippen MR) is 67.5 cm³/mol. The van der Waals surface area contributed by atoms with Crippen LogP contribution in [0.15, 0.2) is 12.2 Å². The second-order valence-corrected chi connectivity index (χ2v) is 4.15. The van der Waals surface area contributed by atoms with Crippen LogP contribution in [0.3, 0.4) is 0 Å². The van der Waals surface area contributed by atoms with E-state index < -0.39 is 12.1 Å². The van der Waals surface area contributed by atoms with Gasteiger partial charge in [0.2, 0.25) is 0 Å². The summed E-state index contributed by atoms with van der Waals surface area (Å²) in [5, 5.41) is 7.12. The number of nitrogens with zero attached hydrogens (tertiary/aromatic N) is 1. The van der Waals surface area contributed by atoms with Crippen LogP contribution in [-0.4, -0.2) is 52.8 Å². The third kappa shape index (κ3) is 7.53. The molecule has 0 fully saturated rings.